The molecule has 1 N–H and O–H groups in total. The summed E-state index contributed by atoms with van der Waals surface area (Å²) in [5.41, 5.74) is 3.33. The molecule has 1 aliphatic carbocycles. The number of benzene rings is 1. The normalized spacial score (nSPS) is 14.7. The highest BCUT2D eigenvalue weighted by molar-refractivity contribution is 7.10. The Morgan fingerprint density at radius 1 is 1.34 bits per heavy atom. The van der Waals surface area contributed by atoms with Gasteiger partial charge in [0, 0.05) is 25.2 Å². The predicted octanol–water partition coefficient (Wildman–Crippen LogP) is 5.86. The summed E-state index contributed by atoms with van der Waals surface area (Å²) in [7, 11) is 0. The van der Waals surface area contributed by atoms with E-state index in [1.807, 2.05) is 18.2 Å². The zero-order valence-corrected chi connectivity index (χ0v) is 17.9. The van der Waals surface area contributed by atoms with Crippen LogP contribution in [0.5, 0.6) is 0 Å². The molecule has 1 heterocycles. The standard InChI is InChI=1S/C21H26N6OS/c1-4-27(16-8-6-5-7-9-16)17-10-11-19(20(12-17)23-15(3)28)24-25-21-18(13-22)14(2)26-29-21/h10-12,16H,4-9H2,1-3H3,(H,23,28). The second kappa shape index (κ2) is 9.61. The summed E-state index contributed by atoms with van der Waals surface area (Å²) in [5, 5.41) is 21.1. The van der Waals surface area contributed by atoms with Crippen LogP contribution in [0.1, 0.15) is 57.2 Å². The summed E-state index contributed by atoms with van der Waals surface area (Å²) < 4.78 is 4.16. The monoisotopic (exact) mass is 410 g/mol. The first-order chi connectivity index (χ1) is 14.0. The summed E-state index contributed by atoms with van der Waals surface area (Å²) in [4.78, 5) is 14.2. The molecule has 0 atom stereocenters. The van der Waals surface area contributed by atoms with Gasteiger partial charge in [-0.3, -0.25) is 4.79 Å². The van der Waals surface area contributed by atoms with E-state index in [2.05, 4.69) is 37.8 Å². The molecule has 3 rings (SSSR count). The maximum atomic E-state index is 11.7. The Labute approximate surface area is 175 Å². The van der Waals surface area contributed by atoms with Gasteiger partial charge in [0.1, 0.15) is 17.3 Å². The number of azo groups is 1. The number of rotatable bonds is 6. The van der Waals surface area contributed by atoms with Crippen molar-refractivity contribution in [1.29, 1.82) is 5.26 Å². The quantitative estimate of drug-likeness (QED) is 0.604. The summed E-state index contributed by atoms with van der Waals surface area (Å²) in [5.74, 6) is -0.161. The summed E-state index contributed by atoms with van der Waals surface area (Å²) in [6.07, 6.45) is 6.24. The van der Waals surface area contributed by atoms with Gasteiger partial charge >= 0.3 is 0 Å². The van der Waals surface area contributed by atoms with Gasteiger partial charge in [0.15, 0.2) is 5.00 Å². The van der Waals surface area contributed by atoms with E-state index in [1.165, 1.54) is 39.0 Å². The van der Waals surface area contributed by atoms with Crippen molar-refractivity contribution < 1.29 is 4.79 Å². The molecule has 29 heavy (non-hydrogen) atoms. The largest absolute Gasteiger partial charge is 0.369 e. The van der Waals surface area contributed by atoms with E-state index in [9.17, 15) is 10.1 Å². The lowest BCUT2D eigenvalue weighted by molar-refractivity contribution is -0.114. The lowest BCUT2D eigenvalue weighted by Crippen LogP contribution is -2.36. The maximum Gasteiger partial charge on any atom is 0.221 e. The molecular weight excluding hydrogens is 384 g/mol. The van der Waals surface area contributed by atoms with Crippen molar-refractivity contribution in [3.05, 3.63) is 29.5 Å². The van der Waals surface area contributed by atoms with Crippen LogP contribution in [0.3, 0.4) is 0 Å². The van der Waals surface area contributed by atoms with Gasteiger partial charge in [0.2, 0.25) is 5.91 Å². The van der Waals surface area contributed by atoms with Crippen LogP contribution in [-0.4, -0.2) is 22.9 Å². The lowest BCUT2D eigenvalue weighted by Gasteiger charge is -2.35. The Morgan fingerprint density at radius 3 is 2.76 bits per heavy atom. The van der Waals surface area contributed by atoms with Crippen molar-refractivity contribution in [2.75, 3.05) is 16.8 Å². The molecule has 0 aliphatic heterocycles. The molecule has 1 aromatic heterocycles. The highest BCUT2D eigenvalue weighted by Gasteiger charge is 2.21. The van der Waals surface area contributed by atoms with Crippen molar-refractivity contribution in [1.82, 2.24) is 4.37 Å². The molecule has 0 bridgehead atoms. The van der Waals surface area contributed by atoms with Crippen molar-refractivity contribution in [3.8, 4) is 6.07 Å². The number of hydrogen-bond donors (Lipinski definition) is 1. The first-order valence-electron chi connectivity index (χ1n) is 9.99. The number of hydrogen-bond acceptors (Lipinski definition) is 7. The molecule has 152 valence electrons. The molecular formula is C21H26N6OS. The van der Waals surface area contributed by atoms with Gasteiger partial charge in [-0.2, -0.15) is 9.64 Å². The molecule has 0 unspecified atom stereocenters. The van der Waals surface area contributed by atoms with Crippen LogP contribution in [0.2, 0.25) is 0 Å². The Balaban J connectivity index is 1.92. The molecule has 0 saturated heterocycles. The van der Waals surface area contributed by atoms with Gasteiger partial charge < -0.3 is 10.2 Å². The first kappa shape index (κ1) is 20.9. The van der Waals surface area contributed by atoms with Crippen molar-refractivity contribution in [2.45, 2.75) is 58.9 Å². The predicted molar refractivity (Wildman–Crippen MR) is 116 cm³/mol. The number of nitrogens with zero attached hydrogens (tertiary/aromatic N) is 5. The fourth-order valence-electron chi connectivity index (χ4n) is 3.78. The molecule has 0 spiro atoms. The van der Waals surface area contributed by atoms with Crippen LogP contribution in [0.25, 0.3) is 0 Å². The number of amides is 1. The zero-order valence-electron chi connectivity index (χ0n) is 17.1. The highest BCUT2D eigenvalue weighted by Crippen LogP contribution is 2.35. The fraction of sp³-hybridized carbons (Fsp3) is 0.476. The number of nitriles is 1. The van der Waals surface area contributed by atoms with Gasteiger partial charge in [-0.05, 0) is 56.4 Å². The third kappa shape index (κ3) is 4.98. The molecule has 1 aliphatic rings. The van der Waals surface area contributed by atoms with Crippen molar-refractivity contribution in [3.63, 3.8) is 0 Å². The number of anilines is 2. The van der Waals surface area contributed by atoms with Crippen molar-refractivity contribution in [2.24, 2.45) is 10.2 Å². The van der Waals surface area contributed by atoms with Crippen LogP contribution in [0.15, 0.2) is 28.4 Å². The van der Waals surface area contributed by atoms with Gasteiger partial charge in [0.05, 0.1) is 11.4 Å². The van der Waals surface area contributed by atoms with Gasteiger partial charge in [-0.1, -0.05) is 19.3 Å². The van der Waals surface area contributed by atoms with E-state index < -0.39 is 0 Å². The third-order valence-corrected chi connectivity index (χ3v) is 6.01. The lowest BCUT2D eigenvalue weighted by atomic mass is 9.93. The first-order valence-corrected chi connectivity index (χ1v) is 10.8. The number of aryl methyl sites for hydroxylation is 1. The van der Waals surface area contributed by atoms with E-state index in [0.717, 1.165) is 23.8 Å². The zero-order chi connectivity index (χ0) is 20.8. The minimum absolute atomic E-state index is 0.161. The van der Waals surface area contributed by atoms with E-state index in [0.29, 0.717) is 33.7 Å². The molecule has 1 aromatic carbocycles. The maximum absolute atomic E-state index is 11.7. The van der Waals surface area contributed by atoms with Gasteiger partial charge in [0.25, 0.3) is 0 Å². The van der Waals surface area contributed by atoms with Gasteiger partial charge in [-0.25, -0.2) is 0 Å². The van der Waals surface area contributed by atoms with Crippen LogP contribution in [0, 0.1) is 18.3 Å². The molecule has 7 nitrogen and oxygen atoms in total. The summed E-state index contributed by atoms with van der Waals surface area (Å²) in [6, 6.07) is 8.51. The number of carbonyl (C=O) groups is 1. The smallest absolute Gasteiger partial charge is 0.221 e. The Bertz CT molecular complexity index is 939. The Kier molecular flexibility index (Phi) is 6.94. The minimum Gasteiger partial charge on any atom is -0.369 e. The SMILES string of the molecule is CCN(c1ccc(N=Nc2snc(C)c2C#N)c(NC(C)=O)c1)C1CCCCC1. The average molecular weight is 411 g/mol. The Hall–Kier alpha value is -2.79. The number of nitrogens with one attached hydrogen (secondary N) is 1. The van der Waals surface area contributed by atoms with Crippen LogP contribution in [-0.2, 0) is 4.79 Å². The van der Waals surface area contributed by atoms with Gasteiger partial charge in [-0.15, -0.1) is 10.2 Å². The van der Waals surface area contributed by atoms with Crippen molar-refractivity contribution >= 4 is 39.5 Å². The Morgan fingerprint density at radius 2 is 2.10 bits per heavy atom. The number of aromatic nitrogens is 1. The highest BCUT2D eigenvalue weighted by atomic mass is 32.1. The summed E-state index contributed by atoms with van der Waals surface area (Å²) >= 11 is 1.14. The van der Waals surface area contributed by atoms with Crippen LogP contribution >= 0.6 is 11.5 Å². The molecule has 2 aromatic rings. The second-order valence-electron chi connectivity index (χ2n) is 7.22. The van der Waals surface area contributed by atoms with E-state index >= 15 is 0 Å². The topological polar surface area (TPSA) is 93.7 Å². The molecule has 0 radical (unpaired) electrons. The second-order valence-corrected chi connectivity index (χ2v) is 7.97. The van der Waals surface area contributed by atoms with Crippen LogP contribution < -0.4 is 10.2 Å². The van der Waals surface area contributed by atoms with E-state index in [1.54, 1.807) is 6.92 Å². The van der Waals surface area contributed by atoms with Crippen LogP contribution in [0.4, 0.5) is 22.1 Å². The molecule has 1 fully saturated rings. The molecule has 1 saturated carbocycles. The third-order valence-electron chi connectivity index (χ3n) is 5.18. The molecule has 1 amide bonds. The van der Waals surface area contributed by atoms with E-state index in [-0.39, 0.29) is 5.91 Å². The van der Waals surface area contributed by atoms with E-state index in [4.69, 9.17) is 0 Å². The fourth-order valence-corrected chi connectivity index (χ4v) is 4.45. The number of carbonyl (C=O) groups excluding carboxylic acids is 1. The molecule has 8 heteroatoms. The minimum atomic E-state index is -0.161. The summed E-state index contributed by atoms with van der Waals surface area (Å²) in [6.45, 7) is 6.33. The average Bonchev–Trinajstić information content (AvgIpc) is 3.08.